The molecule has 2 aliphatic heterocycles. The molecule has 0 saturated carbocycles. The van der Waals surface area contributed by atoms with Gasteiger partial charge in [-0.15, -0.1) is 12.4 Å². The Kier molecular flexibility index (Phi) is 2.75. The summed E-state index contributed by atoms with van der Waals surface area (Å²) in [6, 6.07) is 1.53. The van der Waals surface area contributed by atoms with E-state index in [2.05, 4.69) is 17.5 Å². The maximum absolute atomic E-state index is 3.57. The van der Waals surface area contributed by atoms with E-state index in [0.29, 0.717) is 0 Å². The van der Waals surface area contributed by atoms with Crippen LogP contribution >= 0.6 is 12.4 Å². The zero-order valence-corrected chi connectivity index (χ0v) is 6.86. The van der Waals surface area contributed by atoms with Gasteiger partial charge in [0.25, 0.3) is 0 Å². The van der Waals surface area contributed by atoms with Gasteiger partial charge in [0.05, 0.1) is 0 Å². The van der Waals surface area contributed by atoms with Crippen molar-refractivity contribution in [2.24, 2.45) is 0 Å². The summed E-state index contributed by atoms with van der Waals surface area (Å²) in [7, 11) is 0. The summed E-state index contributed by atoms with van der Waals surface area (Å²) in [5.41, 5.74) is 0. The molecule has 1 nitrogen and oxygen atoms in total. The second kappa shape index (κ2) is 3.40. The first-order valence-electron chi connectivity index (χ1n) is 3.88. The summed E-state index contributed by atoms with van der Waals surface area (Å²) in [6.45, 7) is 0. The topological polar surface area (TPSA) is 12.0 Å². The van der Waals surface area contributed by atoms with Crippen LogP contribution in [0.15, 0.2) is 12.2 Å². The van der Waals surface area contributed by atoms with Crippen molar-refractivity contribution in [1.82, 2.24) is 5.32 Å². The number of hydrogen-bond acceptors (Lipinski definition) is 1. The van der Waals surface area contributed by atoms with E-state index in [9.17, 15) is 0 Å². The molecule has 1 N–H and O–H groups in total. The van der Waals surface area contributed by atoms with Gasteiger partial charge >= 0.3 is 0 Å². The molecule has 0 radical (unpaired) electrons. The van der Waals surface area contributed by atoms with E-state index in [0.717, 1.165) is 12.1 Å². The van der Waals surface area contributed by atoms with Crippen molar-refractivity contribution in [1.29, 1.82) is 0 Å². The molecule has 2 atom stereocenters. The van der Waals surface area contributed by atoms with Crippen molar-refractivity contribution in [3.05, 3.63) is 12.2 Å². The third kappa shape index (κ3) is 1.53. The van der Waals surface area contributed by atoms with Crippen LogP contribution in [0.4, 0.5) is 0 Å². The molecule has 2 heteroatoms. The fraction of sp³-hybridized carbons (Fsp3) is 0.750. The minimum Gasteiger partial charge on any atom is -0.307 e. The average Bonchev–Trinajstić information content (AvgIpc) is 1.88. The minimum absolute atomic E-state index is 0. The first kappa shape index (κ1) is 8.09. The van der Waals surface area contributed by atoms with Gasteiger partial charge in [0.15, 0.2) is 0 Å². The van der Waals surface area contributed by atoms with Crippen molar-refractivity contribution < 1.29 is 0 Å². The fourth-order valence-corrected chi connectivity index (χ4v) is 1.80. The third-order valence-corrected chi connectivity index (χ3v) is 2.31. The number of halogens is 1. The first-order valence-corrected chi connectivity index (χ1v) is 3.88. The van der Waals surface area contributed by atoms with Gasteiger partial charge in [0.1, 0.15) is 0 Å². The Morgan fingerprint density at radius 3 is 2.90 bits per heavy atom. The van der Waals surface area contributed by atoms with Crippen molar-refractivity contribution in [3.63, 3.8) is 0 Å². The Morgan fingerprint density at radius 2 is 2.20 bits per heavy atom. The Hall–Kier alpha value is -0.0100. The lowest BCUT2D eigenvalue weighted by Crippen LogP contribution is -2.43. The zero-order valence-electron chi connectivity index (χ0n) is 6.05. The summed E-state index contributed by atoms with van der Waals surface area (Å²) >= 11 is 0. The van der Waals surface area contributed by atoms with Gasteiger partial charge in [-0.3, -0.25) is 0 Å². The number of rotatable bonds is 0. The van der Waals surface area contributed by atoms with Crippen molar-refractivity contribution in [3.8, 4) is 0 Å². The van der Waals surface area contributed by atoms with E-state index >= 15 is 0 Å². The lowest BCUT2D eigenvalue weighted by atomic mass is 9.92. The van der Waals surface area contributed by atoms with Crippen LogP contribution in [-0.4, -0.2) is 12.1 Å². The SMILES string of the molecule is C1=CC2CCCC(C1)N2.Cl. The molecule has 2 aliphatic rings. The average molecular weight is 160 g/mol. The maximum atomic E-state index is 3.57. The van der Waals surface area contributed by atoms with Gasteiger partial charge in [0.2, 0.25) is 0 Å². The molecule has 2 unspecified atom stereocenters. The van der Waals surface area contributed by atoms with Gasteiger partial charge in [0, 0.05) is 12.1 Å². The standard InChI is InChI=1S/C8H13N.ClH/c1-3-7-5-2-6-8(4-1)9-7;/h1,3,7-9H,2,4-6H2;1H. The van der Waals surface area contributed by atoms with Crippen molar-refractivity contribution >= 4 is 12.4 Å². The summed E-state index contributed by atoms with van der Waals surface area (Å²) in [5, 5.41) is 3.57. The Morgan fingerprint density at radius 1 is 1.30 bits per heavy atom. The summed E-state index contributed by atoms with van der Waals surface area (Å²) in [5.74, 6) is 0. The second-order valence-corrected chi connectivity index (χ2v) is 3.06. The van der Waals surface area contributed by atoms with Crippen molar-refractivity contribution in [2.75, 3.05) is 0 Å². The van der Waals surface area contributed by atoms with Crippen LogP contribution in [0.5, 0.6) is 0 Å². The number of hydrogen-bond donors (Lipinski definition) is 1. The Bertz CT molecular complexity index is 133. The van der Waals surface area contributed by atoms with Crippen LogP contribution < -0.4 is 5.32 Å². The minimum atomic E-state index is 0. The lowest BCUT2D eigenvalue weighted by molar-refractivity contribution is 0.343. The highest BCUT2D eigenvalue weighted by molar-refractivity contribution is 5.85. The lowest BCUT2D eigenvalue weighted by Gasteiger charge is -2.31. The third-order valence-electron chi connectivity index (χ3n) is 2.31. The molecule has 0 aromatic heterocycles. The van der Waals surface area contributed by atoms with Gasteiger partial charge in [-0.2, -0.15) is 0 Å². The van der Waals surface area contributed by atoms with Gasteiger partial charge < -0.3 is 5.32 Å². The predicted octanol–water partition coefficient (Wildman–Crippen LogP) is 1.88. The van der Waals surface area contributed by atoms with E-state index in [1.807, 2.05) is 0 Å². The van der Waals surface area contributed by atoms with Crippen LogP contribution in [0.3, 0.4) is 0 Å². The Labute approximate surface area is 68.3 Å². The quantitative estimate of drug-likeness (QED) is 0.533. The molecule has 2 bridgehead atoms. The summed E-state index contributed by atoms with van der Waals surface area (Å²) in [6.07, 6.45) is 10.1. The molecular formula is C8H14ClN. The number of nitrogens with one attached hydrogen (secondary N) is 1. The molecule has 2 heterocycles. The largest absolute Gasteiger partial charge is 0.307 e. The molecule has 0 spiro atoms. The smallest absolute Gasteiger partial charge is 0.0252 e. The number of fused-ring (bicyclic) bond motifs is 2. The summed E-state index contributed by atoms with van der Waals surface area (Å²) in [4.78, 5) is 0. The molecule has 0 aliphatic carbocycles. The Balaban J connectivity index is 0.000000500. The van der Waals surface area contributed by atoms with Crippen LogP contribution in [0.2, 0.25) is 0 Å². The maximum Gasteiger partial charge on any atom is 0.0252 e. The molecule has 58 valence electrons. The first-order chi connectivity index (χ1) is 4.45. The number of piperidine rings is 1. The van der Waals surface area contributed by atoms with E-state index in [1.54, 1.807) is 0 Å². The monoisotopic (exact) mass is 159 g/mol. The summed E-state index contributed by atoms with van der Waals surface area (Å²) < 4.78 is 0. The van der Waals surface area contributed by atoms with E-state index < -0.39 is 0 Å². The van der Waals surface area contributed by atoms with E-state index in [-0.39, 0.29) is 12.4 Å². The molecule has 0 amide bonds. The highest BCUT2D eigenvalue weighted by atomic mass is 35.5. The van der Waals surface area contributed by atoms with Gasteiger partial charge in [-0.1, -0.05) is 18.6 Å². The van der Waals surface area contributed by atoms with Crippen LogP contribution in [0.1, 0.15) is 25.7 Å². The van der Waals surface area contributed by atoms with Crippen LogP contribution in [0.25, 0.3) is 0 Å². The molecule has 0 aromatic rings. The normalized spacial score (nSPS) is 36.8. The van der Waals surface area contributed by atoms with Gasteiger partial charge in [-0.05, 0) is 19.3 Å². The van der Waals surface area contributed by atoms with Crippen molar-refractivity contribution in [2.45, 2.75) is 37.8 Å². The molecule has 2 rings (SSSR count). The zero-order chi connectivity index (χ0) is 6.10. The van der Waals surface area contributed by atoms with E-state index in [4.69, 9.17) is 0 Å². The van der Waals surface area contributed by atoms with Gasteiger partial charge in [-0.25, -0.2) is 0 Å². The molecule has 1 fully saturated rings. The van der Waals surface area contributed by atoms with Crippen LogP contribution in [-0.2, 0) is 0 Å². The van der Waals surface area contributed by atoms with Crippen LogP contribution in [0, 0.1) is 0 Å². The highest BCUT2D eigenvalue weighted by Crippen LogP contribution is 2.19. The molecule has 0 aromatic carbocycles. The molecule has 1 saturated heterocycles. The second-order valence-electron chi connectivity index (χ2n) is 3.06. The fourth-order valence-electron chi connectivity index (χ4n) is 1.80. The molecule has 10 heavy (non-hydrogen) atoms. The highest BCUT2D eigenvalue weighted by Gasteiger charge is 2.20. The molecular weight excluding hydrogens is 146 g/mol. The predicted molar refractivity (Wildman–Crippen MR) is 45.6 cm³/mol. The van der Waals surface area contributed by atoms with E-state index in [1.165, 1.54) is 25.7 Å².